The minimum Gasteiger partial charge on any atom is -0.365 e. The lowest BCUT2D eigenvalue weighted by molar-refractivity contribution is -0.136. The average molecular weight is 243 g/mol. The molecule has 1 unspecified atom stereocenters. The third kappa shape index (κ3) is 2.98. The monoisotopic (exact) mass is 243 g/mol. The number of aliphatic imine (C=N–C) groups is 1. The van der Waals surface area contributed by atoms with Crippen molar-refractivity contribution in [3.63, 3.8) is 0 Å². The quantitative estimate of drug-likeness (QED) is 0.444. The molecule has 0 saturated carbocycles. The SMILES string of the molecule is CCN=C(NCC)SC1CC(=O)N(C)C1=O. The average Bonchev–Trinajstić information content (AvgIpc) is 2.47. The van der Waals surface area contributed by atoms with Crippen molar-refractivity contribution < 1.29 is 9.59 Å². The smallest absolute Gasteiger partial charge is 0.243 e. The molecule has 1 aliphatic heterocycles. The normalized spacial score (nSPS) is 21.8. The number of carbonyl (C=O) groups is 2. The zero-order valence-corrected chi connectivity index (χ0v) is 10.6. The Bertz CT molecular complexity index is 317. The Hall–Kier alpha value is -1.04. The Morgan fingerprint density at radius 1 is 1.56 bits per heavy atom. The van der Waals surface area contributed by atoms with Gasteiger partial charge >= 0.3 is 0 Å². The fourth-order valence-electron chi connectivity index (χ4n) is 1.38. The van der Waals surface area contributed by atoms with E-state index in [-0.39, 0.29) is 23.5 Å². The van der Waals surface area contributed by atoms with Gasteiger partial charge in [-0.3, -0.25) is 19.5 Å². The summed E-state index contributed by atoms with van der Waals surface area (Å²) in [7, 11) is 1.52. The molecular weight excluding hydrogens is 226 g/mol. The van der Waals surface area contributed by atoms with E-state index in [9.17, 15) is 9.59 Å². The number of amidine groups is 1. The van der Waals surface area contributed by atoms with Crippen LogP contribution in [0.15, 0.2) is 4.99 Å². The van der Waals surface area contributed by atoms with E-state index in [1.54, 1.807) is 0 Å². The second kappa shape index (κ2) is 5.89. The van der Waals surface area contributed by atoms with Gasteiger partial charge in [0, 0.05) is 26.6 Å². The maximum atomic E-state index is 11.7. The summed E-state index contributed by atoms with van der Waals surface area (Å²) >= 11 is 1.34. The Labute approximate surface area is 99.7 Å². The highest BCUT2D eigenvalue weighted by Crippen LogP contribution is 2.24. The summed E-state index contributed by atoms with van der Waals surface area (Å²) in [5, 5.41) is 3.52. The van der Waals surface area contributed by atoms with Gasteiger partial charge in [0.2, 0.25) is 11.8 Å². The largest absolute Gasteiger partial charge is 0.365 e. The van der Waals surface area contributed by atoms with Gasteiger partial charge in [0.1, 0.15) is 5.25 Å². The van der Waals surface area contributed by atoms with E-state index >= 15 is 0 Å². The van der Waals surface area contributed by atoms with Crippen LogP contribution >= 0.6 is 11.8 Å². The molecule has 1 atom stereocenters. The van der Waals surface area contributed by atoms with Crippen molar-refractivity contribution in [3.8, 4) is 0 Å². The standard InChI is InChI=1S/C10H17N3O2S/c1-4-11-10(12-5-2)16-7-6-8(14)13(3)9(7)15/h7H,4-6H2,1-3H3,(H,11,12). The number of amides is 2. The molecule has 1 fully saturated rings. The number of hydrogen-bond acceptors (Lipinski definition) is 4. The van der Waals surface area contributed by atoms with E-state index < -0.39 is 0 Å². The lowest BCUT2D eigenvalue weighted by Crippen LogP contribution is -2.29. The molecule has 0 aromatic carbocycles. The molecule has 1 N–H and O–H groups in total. The third-order valence-corrected chi connectivity index (χ3v) is 3.37. The maximum absolute atomic E-state index is 11.7. The first-order chi connectivity index (χ1) is 7.60. The van der Waals surface area contributed by atoms with Gasteiger partial charge in [-0.05, 0) is 13.8 Å². The maximum Gasteiger partial charge on any atom is 0.243 e. The molecule has 0 radical (unpaired) electrons. The van der Waals surface area contributed by atoms with Gasteiger partial charge in [-0.25, -0.2) is 0 Å². The minimum absolute atomic E-state index is 0.116. The topological polar surface area (TPSA) is 61.8 Å². The first-order valence-corrected chi connectivity index (χ1v) is 6.23. The minimum atomic E-state index is -0.318. The summed E-state index contributed by atoms with van der Waals surface area (Å²) in [6.45, 7) is 5.34. The predicted octanol–water partition coefficient (Wildman–Crippen LogP) is 0.462. The van der Waals surface area contributed by atoms with Crippen LogP contribution in [0.2, 0.25) is 0 Å². The molecule has 5 nitrogen and oxygen atoms in total. The molecule has 0 aromatic rings. The van der Waals surface area contributed by atoms with Crippen molar-refractivity contribution in [3.05, 3.63) is 0 Å². The number of carbonyl (C=O) groups excluding carboxylic acids is 2. The molecule has 1 rings (SSSR count). The second-order valence-electron chi connectivity index (χ2n) is 3.41. The summed E-state index contributed by atoms with van der Waals surface area (Å²) in [5.74, 6) is -0.244. The Kier molecular flexibility index (Phi) is 4.79. The van der Waals surface area contributed by atoms with E-state index in [1.165, 1.54) is 23.7 Å². The molecule has 0 spiro atoms. The molecule has 2 amide bonds. The zero-order chi connectivity index (χ0) is 12.1. The van der Waals surface area contributed by atoms with Gasteiger partial charge in [-0.2, -0.15) is 0 Å². The van der Waals surface area contributed by atoms with Crippen molar-refractivity contribution in [1.29, 1.82) is 0 Å². The molecule has 16 heavy (non-hydrogen) atoms. The van der Waals surface area contributed by atoms with E-state index in [4.69, 9.17) is 0 Å². The van der Waals surface area contributed by atoms with Gasteiger partial charge in [-0.15, -0.1) is 0 Å². The summed E-state index contributed by atoms with van der Waals surface area (Å²) in [6.07, 6.45) is 0.272. The Morgan fingerprint density at radius 3 is 2.69 bits per heavy atom. The highest BCUT2D eigenvalue weighted by molar-refractivity contribution is 8.15. The van der Waals surface area contributed by atoms with Crippen molar-refractivity contribution in [2.75, 3.05) is 20.1 Å². The number of rotatable bonds is 3. The van der Waals surface area contributed by atoms with Gasteiger partial charge in [0.25, 0.3) is 0 Å². The van der Waals surface area contributed by atoms with Crippen LogP contribution in [-0.2, 0) is 9.59 Å². The van der Waals surface area contributed by atoms with E-state index in [0.717, 1.165) is 11.7 Å². The third-order valence-electron chi connectivity index (χ3n) is 2.22. The van der Waals surface area contributed by atoms with Crippen LogP contribution in [-0.4, -0.2) is 47.3 Å². The summed E-state index contributed by atoms with van der Waals surface area (Å²) in [4.78, 5) is 28.4. The lowest BCUT2D eigenvalue weighted by atomic mass is 10.4. The highest BCUT2D eigenvalue weighted by atomic mass is 32.2. The summed E-state index contributed by atoms with van der Waals surface area (Å²) < 4.78 is 0. The van der Waals surface area contributed by atoms with E-state index in [0.29, 0.717) is 6.54 Å². The molecule has 6 heteroatoms. The predicted molar refractivity (Wildman–Crippen MR) is 65.4 cm³/mol. The van der Waals surface area contributed by atoms with E-state index in [2.05, 4.69) is 10.3 Å². The van der Waals surface area contributed by atoms with Crippen molar-refractivity contribution in [1.82, 2.24) is 10.2 Å². The van der Waals surface area contributed by atoms with Crippen LogP contribution in [0.1, 0.15) is 20.3 Å². The first kappa shape index (κ1) is 13.0. The second-order valence-corrected chi connectivity index (χ2v) is 4.60. The van der Waals surface area contributed by atoms with Crippen LogP contribution in [0.5, 0.6) is 0 Å². The number of nitrogens with zero attached hydrogens (tertiary/aromatic N) is 2. The van der Waals surface area contributed by atoms with Crippen molar-refractivity contribution in [2.45, 2.75) is 25.5 Å². The number of hydrogen-bond donors (Lipinski definition) is 1. The molecule has 0 bridgehead atoms. The van der Waals surface area contributed by atoms with Crippen LogP contribution < -0.4 is 5.32 Å². The first-order valence-electron chi connectivity index (χ1n) is 5.35. The molecular formula is C10H17N3O2S. The lowest BCUT2D eigenvalue weighted by Gasteiger charge is -2.11. The number of nitrogens with one attached hydrogen (secondary N) is 1. The number of thioether (sulfide) groups is 1. The van der Waals surface area contributed by atoms with Crippen LogP contribution in [0.25, 0.3) is 0 Å². The van der Waals surface area contributed by atoms with Crippen LogP contribution in [0.4, 0.5) is 0 Å². The fourth-order valence-corrected chi connectivity index (χ4v) is 2.56. The van der Waals surface area contributed by atoms with Crippen LogP contribution in [0.3, 0.4) is 0 Å². The highest BCUT2D eigenvalue weighted by Gasteiger charge is 2.37. The number of imide groups is 1. The number of likely N-dealkylation sites (tertiary alicyclic amines) is 1. The molecule has 1 saturated heterocycles. The zero-order valence-electron chi connectivity index (χ0n) is 9.82. The molecule has 1 aliphatic rings. The Balaban J connectivity index is 2.63. The fraction of sp³-hybridized carbons (Fsp3) is 0.700. The molecule has 0 aromatic heterocycles. The van der Waals surface area contributed by atoms with Crippen LogP contribution in [0, 0.1) is 0 Å². The van der Waals surface area contributed by atoms with Crippen molar-refractivity contribution >= 4 is 28.7 Å². The summed E-state index contributed by atoms with van der Waals surface area (Å²) in [5.41, 5.74) is 0. The molecule has 0 aliphatic carbocycles. The van der Waals surface area contributed by atoms with Crippen molar-refractivity contribution in [2.24, 2.45) is 4.99 Å². The van der Waals surface area contributed by atoms with Gasteiger partial charge in [0.05, 0.1) is 0 Å². The summed E-state index contributed by atoms with van der Waals surface area (Å²) in [6, 6.07) is 0. The molecule has 1 heterocycles. The van der Waals surface area contributed by atoms with Gasteiger partial charge in [-0.1, -0.05) is 11.8 Å². The van der Waals surface area contributed by atoms with Gasteiger partial charge in [0.15, 0.2) is 5.17 Å². The van der Waals surface area contributed by atoms with E-state index in [1.807, 2.05) is 13.8 Å². The molecule has 90 valence electrons. The Morgan fingerprint density at radius 2 is 2.25 bits per heavy atom. The van der Waals surface area contributed by atoms with Gasteiger partial charge < -0.3 is 5.32 Å².